The van der Waals surface area contributed by atoms with Crippen molar-refractivity contribution >= 4 is 22.5 Å². The molecule has 0 radical (unpaired) electrons. The number of hydrogen-bond donors (Lipinski definition) is 1. The van der Waals surface area contributed by atoms with E-state index >= 15 is 0 Å². The predicted molar refractivity (Wildman–Crippen MR) is 85.1 cm³/mol. The fraction of sp³-hybridized carbons (Fsp3) is 0.176. The third-order valence-electron chi connectivity index (χ3n) is 3.49. The van der Waals surface area contributed by atoms with Crippen LogP contribution in [0.25, 0.3) is 10.9 Å². The summed E-state index contributed by atoms with van der Waals surface area (Å²) in [5, 5.41) is 11.1. The van der Waals surface area contributed by atoms with Crippen LogP contribution in [0.5, 0.6) is 11.5 Å². The molecular formula is C17H16ClNO2. The lowest BCUT2D eigenvalue weighted by atomic mass is 10.2. The van der Waals surface area contributed by atoms with Gasteiger partial charge in [0, 0.05) is 22.5 Å². The standard InChI is InChI=1S/C17H16ClNO2/c1-2-19-14(10-12-9-13(18)3-8-17(12)19)11-21-16-6-4-15(20)5-7-16/h3-10,20H,2,11H2,1H3. The highest BCUT2D eigenvalue weighted by molar-refractivity contribution is 6.31. The number of hydrogen-bond acceptors (Lipinski definition) is 2. The zero-order valence-corrected chi connectivity index (χ0v) is 12.5. The Bertz CT molecular complexity index is 762. The normalized spacial score (nSPS) is 11.0. The van der Waals surface area contributed by atoms with E-state index in [1.54, 1.807) is 24.3 Å². The van der Waals surface area contributed by atoms with Crippen LogP contribution in [0.3, 0.4) is 0 Å². The number of halogens is 1. The number of benzene rings is 2. The lowest BCUT2D eigenvalue weighted by Crippen LogP contribution is -2.04. The van der Waals surface area contributed by atoms with Gasteiger partial charge in [-0.3, -0.25) is 0 Å². The second kappa shape index (κ2) is 5.70. The minimum absolute atomic E-state index is 0.236. The van der Waals surface area contributed by atoms with Crippen molar-refractivity contribution in [1.29, 1.82) is 0 Å². The Morgan fingerprint density at radius 2 is 1.86 bits per heavy atom. The molecule has 1 aromatic heterocycles. The van der Waals surface area contributed by atoms with Crippen LogP contribution < -0.4 is 4.74 Å². The molecule has 3 nitrogen and oxygen atoms in total. The number of aryl methyl sites for hydroxylation is 1. The lowest BCUT2D eigenvalue weighted by Gasteiger charge is -2.10. The van der Waals surface area contributed by atoms with E-state index in [0.717, 1.165) is 33.9 Å². The third-order valence-corrected chi connectivity index (χ3v) is 3.72. The molecule has 0 aliphatic carbocycles. The zero-order chi connectivity index (χ0) is 14.8. The van der Waals surface area contributed by atoms with E-state index in [4.69, 9.17) is 16.3 Å². The molecule has 4 heteroatoms. The molecule has 0 fully saturated rings. The van der Waals surface area contributed by atoms with Crippen molar-refractivity contribution < 1.29 is 9.84 Å². The lowest BCUT2D eigenvalue weighted by molar-refractivity contribution is 0.295. The summed E-state index contributed by atoms with van der Waals surface area (Å²) in [6, 6.07) is 14.7. The Hall–Kier alpha value is -2.13. The number of aromatic nitrogens is 1. The number of nitrogens with zero attached hydrogens (tertiary/aromatic N) is 1. The molecule has 0 aliphatic rings. The van der Waals surface area contributed by atoms with Gasteiger partial charge in [0.25, 0.3) is 0 Å². The molecule has 0 saturated carbocycles. The second-order valence-corrected chi connectivity index (χ2v) is 5.30. The smallest absolute Gasteiger partial charge is 0.128 e. The molecule has 0 bridgehead atoms. The zero-order valence-electron chi connectivity index (χ0n) is 11.7. The van der Waals surface area contributed by atoms with E-state index in [1.165, 1.54) is 0 Å². The molecule has 0 unspecified atom stereocenters. The summed E-state index contributed by atoms with van der Waals surface area (Å²) in [4.78, 5) is 0. The molecule has 3 rings (SSSR count). The van der Waals surface area contributed by atoms with Crippen molar-refractivity contribution in [1.82, 2.24) is 4.57 Å². The second-order valence-electron chi connectivity index (χ2n) is 4.87. The van der Waals surface area contributed by atoms with Gasteiger partial charge in [-0.15, -0.1) is 0 Å². The first-order chi connectivity index (χ1) is 10.2. The van der Waals surface area contributed by atoms with Crippen LogP contribution in [0.15, 0.2) is 48.5 Å². The van der Waals surface area contributed by atoms with Gasteiger partial charge >= 0.3 is 0 Å². The molecule has 2 aromatic carbocycles. The van der Waals surface area contributed by atoms with Crippen molar-refractivity contribution in [3.8, 4) is 11.5 Å². The van der Waals surface area contributed by atoms with E-state index in [1.807, 2.05) is 18.2 Å². The molecule has 0 spiro atoms. The van der Waals surface area contributed by atoms with Crippen molar-refractivity contribution in [2.45, 2.75) is 20.1 Å². The number of ether oxygens (including phenoxy) is 1. The first-order valence-corrected chi connectivity index (χ1v) is 7.24. The molecule has 108 valence electrons. The molecule has 0 atom stereocenters. The summed E-state index contributed by atoms with van der Waals surface area (Å²) in [5.74, 6) is 0.971. The first-order valence-electron chi connectivity index (χ1n) is 6.87. The Kier molecular flexibility index (Phi) is 3.76. The Labute approximate surface area is 128 Å². The Morgan fingerprint density at radius 1 is 1.10 bits per heavy atom. The van der Waals surface area contributed by atoms with Crippen LogP contribution in [-0.4, -0.2) is 9.67 Å². The fourth-order valence-corrected chi connectivity index (χ4v) is 2.67. The van der Waals surface area contributed by atoms with Gasteiger partial charge in [-0.25, -0.2) is 0 Å². The summed E-state index contributed by atoms with van der Waals surface area (Å²) in [7, 11) is 0. The van der Waals surface area contributed by atoms with Crippen LogP contribution in [0.1, 0.15) is 12.6 Å². The van der Waals surface area contributed by atoms with Crippen molar-refractivity contribution in [3.05, 3.63) is 59.2 Å². The predicted octanol–water partition coefficient (Wildman–Crippen LogP) is 4.60. The van der Waals surface area contributed by atoms with E-state index in [9.17, 15) is 5.11 Å². The van der Waals surface area contributed by atoms with Crippen molar-refractivity contribution in [3.63, 3.8) is 0 Å². The minimum atomic E-state index is 0.236. The summed E-state index contributed by atoms with van der Waals surface area (Å²) >= 11 is 6.05. The van der Waals surface area contributed by atoms with Gasteiger partial charge in [-0.1, -0.05) is 11.6 Å². The third kappa shape index (κ3) is 2.83. The van der Waals surface area contributed by atoms with Gasteiger partial charge in [0.2, 0.25) is 0 Å². The molecule has 0 aliphatic heterocycles. The fourth-order valence-electron chi connectivity index (χ4n) is 2.49. The van der Waals surface area contributed by atoms with E-state index in [-0.39, 0.29) is 5.75 Å². The van der Waals surface area contributed by atoms with E-state index in [0.29, 0.717) is 6.61 Å². The molecular weight excluding hydrogens is 286 g/mol. The van der Waals surface area contributed by atoms with Crippen molar-refractivity contribution in [2.75, 3.05) is 0 Å². The number of rotatable bonds is 4. The van der Waals surface area contributed by atoms with Crippen LogP contribution in [-0.2, 0) is 13.2 Å². The largest absolute Gasteiger partial charge is 0.508 e. The highest BCUT2D eigenvalue weighted by Crippen LogP contribution is 2.25. The van der Waals surface area contributed by atoms with Crippen LogP contribution in [0.2, 0.25) is 5.02 Å². The van der Waals surface area contributed by atoms with Gasteiger partial charge in [0.15, 0.2) is 0 Å². The van der Waals surface area contributed by atoms with Gasteiger partial charge in [-0.2, -0.15) is 0 Å². The summed E-state index contributed by atoms with van der Waals surface area (Å²) in [5.41, 5.74) is 2.26. The molecule has 21 heavy (non-hydrogen) atoms. The Balaban J connectivity index is 1.87. The molecule has 1 N–H and O–H groups in total. The summed E-state index contributed by atoms with van der Waals surface area (Å²) in [6.45, 7) is 3.46. The van der Waals surface area contributed by atoms with Crippen LogP contribution >= 0.6 is 11.6 Å². The summed E-state index contributed by atoms with van der Waals surface area (Å²) in [6.07, 6.45) is 0. The van der Waals surface area contributed by atoms with Gasteiger partial charge < -0.3 is 14.4 Å². The monoisotopic (exact) mass is 301 g/mol. The van der Waals surface area contributed by atoms with Gasteiger partial charge in [-0.05, 0) is 55.5 Å². The minimum Gasteiger partial charge on any atom is -0.508 e. The number of phenolic OH excluding ortho intramolecular Hbond substituents is 1. The summed E-state index contributed by atoms with van der Waals surface area (Å²) < 4.78 is 8.00. The maximum atomic E-state index is 9.27. The van der Waals surface area contributed by atoms with E-state index in [2.05, 4.69) is 17.6 Å². The SMILES string of the molecule is CCn1c(COc2ccc(O)cc2)cc2cc(Cl)ccc21. The topological polar surface area (TPSA) is 34.4 Å². The van der Waals surface area contributed by atoms with Gasteiger partial charge in [0.1, 0.15) is 18.1 Å². The molecule has 3 aromatic rings. The van der Waals surface area contributed by atoms with Crippen LogP contribution in [0.4, 0.5) is 0 Å². The molecule has 1 heterocycles. The van der Waals surface area contributed by atoms with Gasteiger partial charge in [0.05, 0.1) is 5.69 Å². The number of fused-ring (bicyclic) bond motifs is 1. The maximum Gasteiger partial charge on any atom is 0.128 e. The first kappa shape index (κ1) is 13.8. The molecule has 0 saturated heterocycles. The van der Waals surface area contributed by atoms with Crippen LogP contribution in [0, 0.1) is 0 Å². The Morgan fingerprint density at radius 3 is 2.57 bits per heavy atom. The number of aromatic hydroxyl groups is 1. The molecule has 0 amide bonds. The maximum absolute atomic E-state index is 9.27. The van der Waals surface area contributed by atoms with E-state index < -0.39 is 0 Å². The number of phenols is 1. The quantitative estimate of drug-likeness (QED) is 0.764. The average Bonchev–Trinajstić information content (AvgIpc) is 2.83. The highest BCUT2D eigenvalue weighted by atomic mass is 35.5. The highest BCUT2D eigenvalue weighted by Gasteiger charge is 2.08. The van der Waals surface area contributed by atoms with Crippen molar-refractivity contribution in [2.24, 2.45) is 0 Å². The average molecular weight is 302 g/mol.